The number of hydrogen-bond acceptors (Lipinski definition) is 4. The topological polar surface area (TPSA) is 39.7 Å². The Kier molecular flexibility index (Phi) is 5.33. The number of nitrogens with one attached hydrogen (secondary N) is 1. The van der Waals surface area contributed by atoms with Crippen molar-refractivity contribution < 1.29 is 14.2 Å². The number of rotatable bonds is 7. The molecule has 1 aliphatic rings. The molecule has 4 nitrogen and oxygen atoms in total. The van der Waals surface area contributed by atoms with Crippen LogP contribution in [0.25, 0.3) is 0 Å². The van der Waals surface area contributed by atoms with E-state index < -0.39 is 0 Å². The fourth-order valence-electron chi connectivity index (χ4n) is 2.20. The zero-order valence-electron chi connectivity index (χ0n) is 11.8. The van der Waals surface area contributed by atoms with Crippen molar-refractivity contribution in [3.8, 4) is 11.5 Å². The summed E-state index contributed by atoms with van der Waals surface area (Å²) in [6.45, 7) is 6.96. The van der Waals surface area contributed by atoms with Gasteiger partial charge in [-0.3, -0.25) is 0 Å². The predicted molar refractivity (Wildman–Crippen MR) is 76.2 cm³/mol. The Morgan fingerprint density at radius 3 is 2.68 bits per heavy atom. The highest BCUT2D eigenvalue weighted by molar-refractivity contribution is 5.54. The summed E-state index contributed by atoms with van der Waals surface area (Å²) >= 11 is 0. The monoisotopic (exact) mass is 265 g/mol. The molecule has 0 saturated carbocycles. The van der Waals surface area contributed by atoms with E-state index in [-0.39, 0.29) is 0 Å². The highest BCUT2D eigenvalue weighted by Gasteiger charge is 2.15. The molecule has 1 aliphatic heterocycles. The van der Waals surface area contributed by atoms with Gasteiger partial charge in [0.2, 0.25) is 0 Å². The molecule has 0 amide bonds. The van der Waals surface area contributed by atoms with Gasteiger partial charge in [-0.25, -0.2) is 0 Å². The van der Waals surface area contributed by atoms with Crippen LogP contribution in [-0.4, -0.2) is 32.5 Å². The third kappa shape index (κ3) is 4.03. The van der Waals surface area contributed by atoms with Crippen molar-refractivity contribution >= 4 is 5.69 Å². The first-order chi connectivity index (χ1) is 9.33. The van der Waals surface area contributed by atoms with Gasteiger partial charge in [-0.1, -0.05) is 0 Å². The highest BCUT2D eigenvalue weighted by Crippen LogP contribution is 2.30. The third-order valence-electron chi connectivity index (χ3n) is 3.10. The molecule has 1 heterocycles. The molecule has 1 fully saturated rings. The molecule has 0 bridgehead atoms. The maximum absolute atomic E-state index is 5.61. The number of benzene rings is 1. The zero-order valence-corrected chi connectivity index (χ0v) is 11.8. The Bertz CT molecular complexity index is 389. The Balaban J connectivity index is 1.97. The number of hydrogen-bond donors (Lipinski definition) is 1. The number of anilines is 1. The minimum absolute atomic E-state index is 0.335. The Hall–Kier alpha value is -1.42. The molecule has 1 aromatic rings. The van der Waals surface area contributed by atoms with Crippen LogP contribution in [0.5, 0.6) is 11.5 Å². The average molecular weight is 265 g/mol. The molecule has 1 atom stereocenters. The van der Waals surface area contributed by atoms with Gasteiger partial charge < -0.3 is 19.5 Å². The van der Waals surface area contributed by atoms with Crippen molar-refractivity contribution in [2.75, 3.05) is 31.7 Å². The Morgan fingerprint density at radius 2 is 2.00 bits per heavy atom. The van der Waals surface area contributed by atoms with Crippen molar-refractivity contribution in [2.24, 2.45) is 0 Å². The van der Waals surface area contributed by atoms with Gasteiger partial charge in [0.05, 0.1) is 19.3 Å². The summed E-state index contributed by atoms with van der Waals surface area (Å²) in [6.07, 6.45) is 2.64. The molecule has 1 N–H and O–H groups in total. The average Bonchev–Trinajstić information content (AvgIpc) is 2.93. The Morgan fingerprint density at radius 1 is 1.21 bits per heavy atom. The summed E-state index contributed by atoms with van der Waals surface area (Å²) in [5, 5.41) is 3.39. The maximum Gasteiger partial charge on any atom is 0.163 e. The van der Waals surface area contributed by atoms with Gasteiger partial charge in [-0.05, 0) is 38.8 Å². The van der Waals surface area contributed by atoms with E-state index in [4.69, 9.17) is 14.2 Å². The van der Waals surface area contributed by atoms with Crippen LogP contribution in [0.3, 0.4) is 0 Å². The van der Waals surface area contributed by atoms with Crippen LogP contribution in [0.15, 0.2) is 18.2 Å². The summed E-state index contributed by atoms with van der Waals surface area (Å²) in [4.78, 5) is 0. The molecule has 19 heavy (non-hydrogen) atoms. The van der Waals surface area contributed by atoms with Crippen LogP contribution in [0.4, 0.5) is 5.69 Å². The molecule has 0 aliphatic carbocycles. The molecular weight excluding hydrogens is 242 g/mol. The highest BCUT2D eigenvalue weighted by atomic mass is 16.5. The van der Waals surface area contributed by atoms with Gasteiger partial charge in [0.15, 0.2) is 11.5 Å². The van der Waals surface area contributed by atoms with Gasteiger partial charge in [-0.15, -0.1) is 0 Å². The standard InChI is InChI=1S/C15H23NO3/c1-3-17-14-8-7-12(10-15(14)18-4-2)16-11-13-6-5-9-19-13/h7-8,10,13,16H,3-6,9,11H2,1-2H3. The van der Waals surface area contributed by atoms with Gasteiger partial charge >= 0.3 is 0 Å². The fourth-order valence-corrected chi connectivity index (χ4v) is 2.20. The molecule has 0 spiro atoms. The molecule has 1 aromatic carbocycles. The maximum atomic E-state index is 5.61. The van der Waals surface area contributed by atoms with E-state index in [1.807, 2.05) is 32.0 Å². The second-order valence-electron chi connectivity index (χ2n) is 4.54. The molecule has 4 heteroatoms. The van der Waals surface area contributed by atoms with E-state index in [1.165, 1.54) is 6.42 Å². The summed E-state index contributed by atoms with van der Waals surface area (Å²) < 4.78 is 16.7. The molecule has 1 saturated heterocycles. The lowest BCUT2D eigenvalue weighted by molar-refractivity contribution is 0.120. The van der Waals surface area contributed by atoms with E-state index in [2.05, 4.69) is 5.32 Å². The first-order valence-electron chi connectivity index (χ1n) is 7.08. The molecule has 106 valence electrons. The SMILES string of the molecule is CCOc1ccc(NCC2CCCO2)cc1OCC. The van der Waals surface area contributed by atoms with Gasteiger partial charge in [0.1, 0.15) is 0 Å². The number of ether oxygens (including phenoxy) is 3. The zero-order chi connectivity index (χ0) is 13.5. The van der Waals surface area contributed by atoms with Crippen LogP contribution in [0.2, 0.25) is 0 Å². The second kappa shape index (κ2) is 7.24. The van der Waals surface area contributed by atoms with Crippen molar-refractivity contribution in [3.63, 3.8) is 0 Å². The summed E-state index contributed by atoms with van der Waals surface area (Å²) in [5.41, 5.74) is 1.04. The Labute approximate surface area is 115 Å². The van der Waals surface area contributed by atoms with Crippen molar-refractivity contribution in [1.82, 2.24) is 0 Å². The summed E-state index contributed by atoms with van der Waals surface area (Å²) in [5.74, 6) is 1.59. The van der Waals surface area contributed by atoms with Gasteiger partial charge in [-0.2, -0.15) is 0 Å². The minimum atomic E-state index is 0.335. The van der Waals surface area contributed by atoms with Crippen molar-refractivity contribution in [1.29, 1.82) is 0 Å². The van der Waals surface area contributed by atoms with Crippen LogP contribution < -0.4 is 14.8 Å². The third-order valence-corrected chi connectivity index (χ3v) is 3.10. The smallest absolute Gasteiger partial charge is 0.163 e. The summed E-state index contributed by atoms with van der Waals surface area (Å²) in [7, 11) is 0. The van der Waals surface area contributed by atoms with Gasteiger partial charge in [0, 0.05) is 24.9 Å². The van der Waals surface area contributed by atoms with Crippen LogP contribution in [0, 0.1) is 0 Å². The first kappa shape index (κ1) is 14.0. The molecule has 1 unspecified atom stereocenters. The van der Waals surface area contributed by atoms with Crippen LogP contribution in [0.1, 0.15) is 26.7 Å². The second-order valence-corrected chi connectivity index (χ2v) is 4.54. The van der Waals surface area contributed by atoms with E-state index in [0.29, 0.717) is 19.3 Å². The first-order valence-corrected chi connectivity index (χ1v) is 7.08. The van der Waals surface area contributed by atoms with E-state index in [0.717, 1.165) is 36.8 Å². The largest absolute Gasteiger partial charge is 0.490 e. The quantitative estimate of drug-likeness (QED) is 0.822. The minimum Gasteiger partial charge on any atom is -0.490 e. The lowest BCUT2D eigenvalue weighted by atomic mass is 10.2. The predicted octanol–water partition coefficient (Wildman–Crippen LogP) is 3.07. The van der Waals surface area contributed by atoms with Crippen LogP contribution >= 0.6 is 0 Å². The van der Waals surface area contributed by atoms with Gasteiger partial charge in [0.25, 0.3) is 0 Å². The fraction of sp³-hybridized carbons (Fsp3) is 0.600. The molecular formula is C15H23NO3. The normalized spacial score (nSPS) is 18.3. The molecule has 0 radical (unpaired) electrons. The van der Waals surface area contributed by atoms with E-state index in [9.17, 15) is 0 Å². The molecule has 0 aromatic heterocycles. The van der Waals surface area contributed by atoms with E-state index >= 15 is 0 Å². The van der Waals surface area contributed by atoms with Crippen molar-refractivity contribution in [3.05, 3.63) is 18.2 Å². The van der Waals surface area contributed by atoms with Crippen molar-refractivity contribution in [2.45, 2.75) is 32.8 Å². The van der Waals surface area contributed by atoms with E-state index in [1.54, 1.807) is 0 Å². The van der Waals surface area contributed by atoms with Crippen LogP contribution in [-0.2, 0) is 4.74 Å². The lowest BCUT2D eigenvalue weighted by Gasteiger charge is -2.15. The molecule has 2 rings (SSSR count). The lowest BCUT2D eigenvalue weighted by Crippen LogP contribution is -2.18. The summed E-state index contributed by atoms with van der Waals surface area (Å²) in [6, 6.07) is 5.96.